The summed E-state index contributed by atoms with van der Waals surface area (Å²) >= 11 is 1.28. The van der Waals surface area contributed by atoms with Gasteiger partial charge in [-0.2, -0.15) is 5.26 Å². The molecule has 0 atom stereocenters. The van der Waals surface area contributed by atoms with Gasteiger partial charge in [0, 0.05) is 16.9 Å². The molecule has 4 nitrogen and oxygen atoms in total. The lowest BCUT2D eigenvalue weighted by atomic mass is 10.1. The zero-order chi connectivity index (χ0) is 21.5. The van der Waals surface area contributed by atoms with Crippen molar-refractivity contribution in [3.05, 3.63) is 109 Å². The summed E-state index contributed by atoms with van der Waals surface area (Å²) in [5, 5.41) is 10.1. The molecule has 0 saturated heterocycles. The second kappa shape index (κ2) is 9.75. The van der Waals surface area contributed by atoms with Gasteiger partial charge in [-0.25, -0.2) is 4.98 Å². The number of thioether (sulfide) groups is 1. The van der Waals surface area contributed by atoms with Crippen LogP contribution in [-0.4, -0.2) is 16.6 Å². The number of nitriles is 1. The average molecular weight is 422 g/mol. The number of carbonyl (C=O) groups is 1. The predicted molar refractivity (Wildman–Crippen MR) is 125 cm³/mol. The van der Waals surface area contributed by atoms with Crippen LogP contribution in [0.4, 0.5) is 11.4 Å². The SMILES string of the molecule is N#Cc1ccc(-c2ccccc2)nc1SCC(=O)N(c1ccccc1)c1ccccc1. The normalized spacial score (nSPS) is 10.3. The minimum absolute atomic E-state index is 0.0850. The molecule has 4 rings (SSSR count). The fraction of sp³-hybridized carbons (Fsp3) is 0.0385. The van der Waals surface area contributed by atoms with E-state index in [-0.39, 0.29) is 11.7 Å². The molecular formula is C26H19N3OS. The highest BCUT2D eigenvalue weighted by molar-refractivity contribution is 8.00. The molecular weight excluding hydrogens is 402 g/mol. The van der Waals surface area contributed by atoms with Gasteiger partial charge in [0.15, 0.2) is 0 Å². The fourth-order valence-electron chi connectivity index (χ4n) is 3.19. The Balaban J connectivity index is 1.60. The molecule has 0 radical (unpaired) electrons. The molecule has 5 heteroatoms. The monoisotopic (exact) mass is 421 g/mol. The van der Waals surface area contributed by atoms with E-state index in [1.807, 2.05) is 97.1 Å². The number of amides is 1. The molecule has 1 amide bonds. The smallest absolute Gasteiger partial charge is 0.241 e. The summed E-state index contributed by atoms with van der Waals surface area (Å²) in [6.07, 6.45) is 0. The van der Waals surface area contributed by atoms with E-state index in [2.05, 4.69) is 11.1 Å². The van der Waals surface area contributed by atoms with Gasteiger partial charge in [-0.15, -0.1) is 0 Å². The van der Waals surface area contributed by atoms with E-state index < -0.39 is 0 Å². The number of hydrogen-bond acceptors (Lipinski definition) is 4. The van der Waals surface area contributed by atoms with Gasteiger partial charge in [-0.1, -0.05) is 78.5 Å². The molecule has 0 saturated carbocycles. The largest absolute Gasteiger partial charge is 0.280 e. The molecule has 0 aliphatic carbocycles. The molecule has 150 valence electrons. The Labute approximate surface area is 185 Å². The minimum Gasteiger partial charge on any atom is -0.280 e. The van der Waals surface area contributed by atoms with Crippen molar-refractivity contribution >= 4 is 29.0 Å². The van der Waals surface area contributed by atoms with Crippen molar-refractivity contribution in [3.63, 3.8) is 0 Å². The molecule has 31 heavy (non-hydrogen) atoms. The van der Waals surface area contributed by atoms with Crippen LogP contribution in [0.2, 0.25) is 0 Å². The van der Waals surface area contributed by atoms with E-state index in [0.29, 0.717) is 10.6 Å². The second-order valence-electron chi connectivity index (χ2n) is 6.72. The summed E-state index contributed by atoms with van der Waals surface area (Å²) in [6.45, 7) is 0. The summed E-state index contributed by atoms with van der Waals surface area (Å²) in [4.78, 5) is 19.6. The first-order valence-corrected chi connectivity index (χ1v) is 10.8. The number of nitrogens with zero attached hydrogens (tertiary/aromatic N) is 3. The van der Waals surface area contributed by atoms with Gasteiger partial charge in [-0.05, 0) is 36.4 Å². The molecule has 1 aromatic heterocycles. The van der Waals surface area contributed by atoms with Crippen molar-refractivity contribution < 1.29 is 4.79 Å². The lowest BCUT2D eigenvalue weighted by Crippen LogP contribution is -2.27. The summed E-state index contributed by atoms with van der Waals surface area (Å²) < 4.78 is 0. The molecule has 1 heterocycles. The third kappa shape index (κ3) is 4.82. The first kappa shape index (κ1) is 20.4. The Hall–Kier alpha value is -3.88. The topological polar surface area (TPSA) is 57.0 Å². The van der Waals surface area contributed by atoms with Crippen molar-refractivity contribution in [2.45, 2.75) is 5.03 Å². The number of anilines is 2. The summed E-state index contributed by atoms with van der Waals surface area (Å²) in [6, 6.07) is 34.7. The van der Waals surface area contributed by atoms with Crippen LogP contribution in [0, 0.1) is 11.3 Å². The number of pyridine rings is 1. The fourth-order valence-corrected chi connectivity index (χ4v) is 4.01. The zero-order valence-electron chi connectivity index (χ0n) is 16.7. The maximum absolute atomic E-state index is 13.3. The van der Waals surface area contributed by atoms with Crippen LogP contribution in [0.1, 0.15) is 5.56 Å². The third-order valence-electron chi connectivity index (χ3n) is 4.66. The Kier molecular flexibility index (Phi) is 6.41. The van der Waals surface area contributed by atoms with Gasteiger partial charge < -0.3 is 0 Å². The molecule has 0 aliphatic rings. The second-order valence-corrected chi connectivity index (χ2v) is 7.68. The molecule has 3 aromatic carbocycles. The lowest BCUT2D eigenvalue weighted by Gasteiger charge is -2.23. The van der Waals surface area contributed by atoms with E-state index in [4.69, 9.17) is 0 Å². The van der Waals surface area contributed by atoms with E-state index >= 15 is 0 Å². The molecule has 0 bridgehead atoms. The molecule has 0 spiro atoms. The van der Waals surface area contributed by atoms with E-state index in [0.717, 1.165) is 22.6 Å². The predicted octanol–water partition coefficient (Wildman–Crippen LogP) is 6.08. The summed E-state index contributed by atoms with van der Waals surface area (Å²) in [7, 11) is 0. The van der Waals surface area contributed by atoms with Crippen molar-refractivity contribution in [1.82, 2.24) is 4.98 Å². The third-order valence-corrected chi connectivity index (χ3v) is 5.64. The highest BCUT2D eigenvalue weighted by Gasteiger charge is 2.19. The first-order valence-electron chi connectivity index (χ1n) is 9.78. The van der Waals surface area contributed by atoms with Crippen LogP contribution in [0.25, 0.3) is 11.3 Å². The molecule has 4 aromatic rings. The van der Waals surface area contributed by atoms with Gasteiger partial charge in [0.25, 0.3) is 0 Å². The van der Waals surface area contributed by atoms with Crippen molar-refractivity contribution in [2.75, 3.05) is 10.7 Å². The van der Waals surface area contributed by atoms with Gasteiger partial charge in [0.2, 0.25) is 5.91 Å². The van der Waals surface area contributed by atoms with Gasteiger partial charge >= 0.3 is 0 Å². The number of benzene rings is 3. The molecule has 0 N–H and O–H groups in total. The van der Waals surface area contributed by atoms with Crippen LogP contribution < -0.4 is 4.90 Å². The van der Waals surface area contributed by atoms with Crippen LogP contribution in [0.15, 0.2) is 108 Å². The minimum atomic E-state index is -0.0850. The van der Waals surface area contributed by atoms with Crippen molar-refractivity contribution in [3.8, 4) is 17.3 Å². The molecule has 0 aliphatic heterocycles. The van der Waals surface area contributed by atoms with E-state index in [1.165, 1.54) is 11.8 Å². The standard InChI is InChI=1S/C26H19N3OS/c27-18-21-16-17-24(20-10-4-1-5-11-20)28-26(21)31-19-25(30)29(22-12-6-2-7-13-22)23-14-8-3-9-15-23/h1-17H,19H2. The Morgan fingerprint density at radius 3 is 1.90 bits per heavy atom. The number of aromatic nitrogens is 1. The van der Waals surface area contributed by atoms with Crippen LogP contribution in [0.3, 0.4) is 0 Å². The van der Waals surface area contributed by atoms with Crippen molar-refractivity contribution in [2.24, 2.45) is 0 Å². The van der Waals surface area contributed by atoms with Crippen LogP contribution in [0.5, 0.6) is 0 Å². The number of rotatable bonds is 6. The first-order chi connectivity index (χ1) is 15.3. The Morgan fingerprint density at radius 2 is 1.35 bits per heavy atom. The van der Waals surface area contributed by atoms with Crippen molar-refractivity contribution in [1.29, 1.82) is 5.26 Å². The molecule has 0 fully saturated rings. The summed E-state index contributed by atoms with van der Waals surface area (Å²) in [5.41, 5.74) is 3.80. The summed E-state index contributed by atoms with van der Waals surface area (Å²) in [5.74, 6) is 0.0715. The number of carbonyl (C=O) groups excluding carboxylic acids is 1. The maximum atomic E-state index is 13.3. The van der Waals surface area contributed by atoms with Crippen LogP contribution >= 0.6 is 11.8 Å². The number of hydrogen-bond donors (Lipinski definition) is 0. The highest BCUT2D eigenvalue weighted by atomic mass is 32.2. The zero-order valence-corrected chi connectivity index (χ0v) is 17.5. The highest BCUT2D eigenvalue weighted by Crippen LogP contribution is 2.29. The van der Waals surface area contributed by atoms with E-state index in [1.54, 1.807) is 11.0 Å². The Morgan fingerprint density at radius 1 is 0.806 bits per heavy atom. The lowest BCUT2D eigenvalue weighted by molar-refractivity contribution is -0.115. The quantitative estimate of drug-likeness (QED) is 0.354. The van der Waals surface area contributed by atoms with Crippen LogP contribution in [-0.2, 0) is 4.79 Å². The van der Waals surface area contributed by atoms with Gasteiger partial charge in [-0.3, -0.25) is 9.69 Å². The molecule has 0 unspecified atom stereocenters. The number of para-hydroxylation sites is 2. The van der Waals surface area contributed by atoms with Gasteiger partial charge in [0.05, 0.1) is 17.0 Å². The van der Waals surface area contributed by atoms with E-state index in [9.17, 15) is 10.1 Å². The Bertz CT molecular complexity index is 1170. The maximum Gasteiger partial charge on any atom is 0.241 e. The average Bonchev–Trinajstić information content (AvgIpc) is 2.84. The van der Waals surface area contributed by atoms with Gasteiger partial charge in [0.1, 0.15) is 11.1 Å².